The smallest absolute Gasteiger partial charge is 0.282 e. The van der Waals surface area contributed by atoms with Gasteiger partial charge in [0, 0.05) is 19.6 Å². The molecule has 1 aliphatic rings. The van der Waals surface area contributed by atoms with E-state index in [2.05, 4.69) is 0 Å². The lowest BCUT2D eigenvalue weighted by molar-refractivity contribution is -0.104. The van der Waals surface area contributed by atoms with Gasteiger partial charge in [0.15, 0.2) is 0 Å². The molecule has 0 aromatic heterocycles. The van der Waals surface area contributed by atoms with E-state index >= 15 is 0 Å². The van der Waals surface area contributed by atoms with Gasteiger partial charge in [0.25, 0.3) is 5.95 Å². The summed E-state index contributed by atoms with van der Waals surface area (Å²) >= 11 is 0. The first-order valence-electron chi connectivity index (χ1n) is 4.61. The molecule has 0 aromatic carbocycles. The predicted molar refractivity (Wildman–Crippen MR) is 49.6 cm³/mol. The summed E-state index contributed by atoms with van der Waals surface area (Å²) in [5, 5.41) is 8.74. The Kier molecular flexibility index (Phi) is 5.03. The molecule has 1 rings (SSSR count). The number of β-amino-alcohol motifs (C(OH)–C–C–N with tert-alkyl or cyclic N) is 1. The van der Waals surface area contributed by atoms with E-state index < -0.39 is 0 Å². The number of rotatable bonds is 3. The van der Waals surface area contributed by atoms with Crippen LogP contribution in [-0.2, 0) is 14.3 Å². The molecule has 1 N–H and O–H groups in total. The van der Waals surface area contributed by atoms with Crippen LogP contribution in [0.2, 0.25) is 0 Å². The van der Waals surface area contributed by atoms with Crippen LogP contribution in [0.25, 0.3) is 0 Å². The van der Waals surface area contributed by atoms with Crippen molar-refractivity contribution in [2.75, 3.05) is 39.5 Å². The first-order chi connectivity index (χ1) is 6.86. The zero-order valence-corrected chi connectivity index (χ0v) is 8.02. The summed E-state index contributed by atoms with van der Waals surface area (Å²) in [6, 6.07) is 0. The van der Waals surface area contributed by atoms with E-state index in [1.54, 1.807) is 0 Å². The second kappa shape index (κ2) is 6.39. The van der Waals surface area contributed by atoms with Crippen LogP contribution in [0.3, 0.4) is 0 Å². The monoisotopic (exact) mass is 201 g/mol. The first kappa shape index (κ1) is 11.0. The molecule has 1 heterocycles. The molecule has 0 atom stereocenters. The molecule has 80 valence electrons. The maximum atomic E-state index is 10.2. The fraction of sp³-hybridized carbons (Fsp3) is 0.667. The molecular weight excluding hydrogens is 186 g/mol. The molecule has 0 aromatic rings. The Bertz CT molecular complexity index is 193. The third-order valence-corrected chi connectivity index (χ3v) is 1.92. The lowest BCUT2D eigenvalue weighted by Gasteiger charge is -2.24. The molecule has 0 bridgehead atoms. The van der Waals surface area contributed by atoms with Gasteiger partial charge in [0.1, 0.15) is 19.5 Å². The van der Waals surface area contributed by atoms with Gasteiger partial charge >= 0.3 is 0 Å². The summed E-state index contributed by atoms with van der Waals surface area (Å²) in [5.41, 5.74) is 0. The van der Waals surface area contributed by atoms with E-state index in [0.717, 1.165) is 13.1 Å². The normalized spacial score (nSPS) is 18.8. The zero-order chi connectivity index (χ0) is 10.2. The molecular formula is C9H15NO4. The minimum Gasteiger partial charge on any atom is -0.464 e. The molecule has 5 nitrogen and oxygen atoms in total. The highest BCUT2D eigenvalue weighted by Gasteiger charge is 2.10. The Hall–Kier alpha value is -1.07. The van der Waals surface area contributed by atoms with E-state index in [9.17, 15) is 4.79 Å². The van der Waals surface area contributed by atoms with E-state index in [-0.39, 0.29) is 12.6 Å². The molecule has 1 fully saturated rings. The molecule has 0 radical (unpaired) electrons. The molecule has 0 amide bonds. The van der Waals surface area contributed by atoms with Gasteiger partial charge in [-0.2, -0.15) is 0 Å². The molecule has 0 unspecified atom stereocenters. The van der Waals surface area contributed by atoms with E-state index in [1.165, 1.54) is 6.08 Å². The van der Waals surface area contributed by atoms with Crippen LogP contribution < -0.4 is 0 Å². The summed E-state index contributed by atoms with van der Waals surface area (Å²) < 4.78 is 10.4. The van der Waals surface area contributed by atoms with Gasteiger partial charge in [-0.25, -0.2) is 0 Å². The quantitative estimate of drug-likeness (QED) is 0.486. The standard InChI is InChI=1S/C9H15NO4/c11-5-1-9-13-7-3-10(2-6-12)4-8-14-9/h1,5,12H,2-4,6-8H2. The number of nitrogens with zero attached hydrogens (tertiary/aromatic N) is 1. The minimum atomic E-state index is 0.136. The minimum absolute atomic E-state index is 0.136. The number of ether oxygens (including phenoxy) is 2. The van der Waals surface area contributed by atoms with Crippen LogP contribution in [0.1, 0.15) is 0 Å². The van der Waals surface area contributed by atoms with Crippen molar-refractivity contribution in [3.05, 3.63) is 12.0 Å². The highest BCUT2D eigenvalue weighted by atomic mass is 16.7. The second-order valence-electron chi connectivity index (χ2n) is 2.88. The maximum absolute atomic E-state index is 10.2. The molecule has 0 spiro atoms. The van der Waals surface area contributed by atoms with Gasteiger partial charge in [-0.3, -0.25) is 9.69 Å². The van der Waals surface area contributed by atoms with Crippen molar-refractivity contribution in [3.8, 4) is 0 Å². The van der Waals surface area contributed by atoms with Crippen molar-refractivity contribution in [1.29, 1.82) is 0 Å². The lowest BCUT2D eigenvalue weighted by Crippen LogP contribution is -2.35. The molecule has 14 heavy (non-hydrogen) atoms. The second-order valence-corrected chi connectivity index (χ2v) is 2.88. The van der Waals surface area contributed by atoms with Crippen molar-refractivity contribution in [2.45, 2.75) is 0 Å². The molecule has 1 saturated heterocycles. The number of aliphatic hydroxyl groups excluding tert-OH is 1. The van der Waals surface area contributed by atoms with Crippen LogP contribution in [0.4, 0.5) is 0 Å². The molecule has 0 aliphatic carbocycles. The van der Waals surface area contributed by atoms with Gasteiger partial charge in [-0.15, -0.1) is 0 Å². The Labute approximate surface area is 82.9 Å². The lowest BCUT2D eigenvalue weighted by atomic mass is 10.4. The Morgan fingerprint density at radius 1 is 1.36 bits per heavy atom. The zero-order valence-electron chi connectivity index (χ0n) is 8.02. The maximum Gasteiger partial charge on any atom is 0.282 e. The summed E-state index contributed by atoms with van der Waals surface area (Å²) in [6.45, 7) is 3.18. The third-order valence-electron chi connectivity index (χ3n) is 1.92. The highest BCUT2D eigenvalue weighted by molar-refractivity contribution is 5.64. The topological polar surface area (TPSA) is 59.0 Å². The van der Waals surface area contributed by atoms with Crippen LogP contribution in [0, 0.1) is 0 Å². The van der Waals surface area contributed by atoms with Crippen molar-refractivity contribution in [1.82, 2.24) is 4.90 Å². The number of allylic oxidation sites excluding steroid dienone is 1. The first-order valence-corrected chi connectivity index (χ1v) is 4.61. The van der Waals surface area contributed by atoms with Crippen molar-refractivity contribution in [3.63, 3.8) is 0 Å². The van der Waals surface area contributed by atoms with E-state index in [4.69, 9.17) is 14.6 Å². The van der Waals surface area contributed by atoms with Gasteiger partial charge in [-0.05, 0) is 0 Å². The van der Waals surface area contributed by atoms with Crippen LogP contribution >= 0.6 is 0 Å². The Morgan fingerprint density at radius 3 is 2.50 bits per heavy atom. The molecule has 5 heteroatoms. The van der Waals surface area contributed by atoms with Gasteiger partial charge in [0.2, 0.25) is 0 Å². The number of hydrogen-bond acceptors (Lipinski definition) is 5. The Balaban J connectivity index is 2.34. The van der Waals surface area contributed by atoms with Crippen LogP contribution in [0.15, 0.2) is 12.0 Å². The van der Waals surface area contributed by atoms with E-state index in [1.807, 2.05) is 4.90 Å². The molecule has 0 saturated carbocycles. The number of hydrogen-bond donors (Lipinski definition) is 1. The summed E-state index contributed by atoms with van der Waals surface area (Å²) in [5.74, 6) is 0.281. The average Bonchev–Trinajstić information content (AvgIpc) is 2.13. The van der Waals surface area contributed by atoms with Crippen LogP contribution in [0.5, 0.6) is 0 Å². The molecule has 1 aliphatic heterocycles. The fourth-order valence-corrected chi connectivity index (χ4v) is 1.22. The summed E-state index contributed by atoms with van der Waals surface area (Å²) in [4.78, 5) is 12.2. The van der Waals surface area contributed by atoms with Gasteiger partial charge < -0.3 is 14.6 Å². The average molecular weight is 201 g/mol. The third kappa shape index (κ3) is 3.76. The summed E-state index contributed by atoms with van der Waals surface area (Å²) in [7, 11) is 0. The Morgan fingerprint density at radius 2 is 2.00 bits per heavy atom. The summed E-state index contributed by atoms with van der Waals surface area (Å²) in [6.07, 6.45) is 1.91. The largest absolute Gasteiger partial charge is 0.464 e. The van der Waals surface area contributed by atoms with Crippen molar-refractivity contribution in [2.24, 2.45) is 0 Å². The van der Waals surface area contributed by atoms with Crippen molar-refractivity contribution >= 4 is 6.29 Å². The number of aldehydes is 1. The van der Waals surface area contributed by atoms with Crippen molar-refractivity contribution < 1.29 is 19.4 Å². The number of aliphatic hydroxyl groups is 1. The van der Waals surface area contributed by atoms with Gasteiger partial charge in [0.05, 0.1) is 12.7 Å². The SMILES string of the molecule is O=CC=C1OCCN(CCO)CCO1. The fourth-order valence-electron chi connectivity index (χ4n) is 1.22. The van der Waals surface area contributed by atoms with Crippen LogP contribution in [-0.4, -0.2) is 55.7 Å². The van der Waals surface area contributed by atoms with Gasteiger partial charge in [-0.1, -0.05) is 0 Å². The number of carbonyl (C=O) groups is 1. The predicted octanol–water partition coefficient (Wildman–Crippen LogP) is -0.632. The highest BCUT2D eigenvalue weighted by Crippen LogP contribution is 2.03. The van der Waals surface area contributed by atoms with E-state index in [0.29, 0.717) is 26.0 Å². The number of carbonyl (C=O) groups excluding carboxylic acids is 1.